The molecule has 2 aliphatic carbocycles. The lowest BCUT2D eigenvalue weighted by atomic mass is 9.63. The van der Waals surface area contributed by atoms with Crippen molar-refractivity contribution in [3.63, 3.8) is 0 Å². The molecule has 0 bridgehead atoms. The Morgan fingerprint density at radius 2 is 2.23 bits per heavy atom. The van der Waals surface area contributed by atoms with E-state index in [1.165, 1.54) is 5.57 Å². The second-order valence-corrected chi connectivity index (χ2v) is 5.06. The second kappa shape index (κ2) is 2.70. The van der Waals surface area contributed by atoms with Crippen LogP contribution in [0.3, 0.4) is 0 Å². The van der Waals surface area contributed by atoms with Crippen LogP contribution in [0.2, 0.25) is 0 Å². The molecule has 3 unspecified atom stereocenters. The topological polar surface area (TPSA) is 17.1 Å². The summed E-state index contributed by atoms with van der Waals surface area (Å²) < 4.78 is 0. The Morgan fingerprint density at radius 1 is 1.54 bits per heavy atom. The molecule has 0 aromatic rings. The zero-order chi connectivity index (χ0) is 9.64. The van der Waals surface area contributed by atoms with Gasteiger partial charge in [0.05, 0.1) is 0 Å². The molecule has 0 saturated heterocycles. The number of rotatable bonds is 0. The normalized spacial score (nSPS) is 45.1. The molecule has 0 aliphatic heterocycles. The van der Waals surface area contributed by atoms with Gasteiger partial charge >= 0.3 is 0 Å². The monoisotopic (exact) mass is 178 g/mol. The summed E-state index contributed by atoms with van der Waals surface area (Å²) in [4.78, 5) is 11.6. The van der Waals surface area contributed by atoms with Gasteiger partial charge in [0.1, 0.15) is 5.78 Å². The number of hydrogen-bond donors (Lipinski definition) is 0. The molecule has 0 aromatic heterocycles. The van der Waals surface area contributed by atoms with E-state index in [9.17, 15) is 4.79 Å². The van der Waals surface area contributed by atoms with Gasteiger partial charge in [0.2, 0.25) is 0 Å². The molecule has 72 valence electrons. The van der Waals surface area contributed by atoms with Crippen molar-refractivity contribution < 1.29 is 4.79 Å². The van der Waals surface area contributed by atoms with Gasteiger partial charge in [-0.25, -0.2) is 0 Å². The maximum absolute atomic E-state index is 11.6. The number of allylic oxidation sites excluding steroid dienone is 1. The van der Waals surface area contributed by atoms with Crippen molar-refractivity contribution in [3.8, 4) is 0 Å². The van der Waals surface area contributed by atoms with Crippen LogP contribution in [-0.2, 0) is 4.79 Å². The fourth-order valence-electron chi connectivity index (χ4n) is 3.18. The first-order valence-electron chi connectivity index (χ1n) is 5.23. The van der Waals surface area contributed by atoms with Gasteiger partial charge in [-0.15, -0.1) is 0 Å². The lowest BCUT2D eigenvalue weighted by Gasteiger charge is -2.40. The summed E-state index contributed by atoms with van der Waals surface area (Å²) in [6.45, 7) is 8.45. The van der Waals surface area contributed by atoms with Gasteiger partial charge in [-0.1, -0.05) is 26.0 Å². The average molecular weight is 178 g/mol. The highest BCUT2D eigenvalue weighted by Crippen LogP contribution is 2.55. The molecule has 3 atom stereocenters. The maximum atomic E-state index is 11.6. The molecule has 1 nitrogen and oxygen atoms in total. The van der Waals surface area contributed by atoms with Gasteiger partial charge < -0.3 is 0 Å². The van der Waals surface area contributed by atoms with Crippen LogP contribution in [0.5, 0.6) is 0 Å². The minimum absolute atomic E-state index is 0.242. The molecule has 0 amide bonds. The van der Waals surface area contributed by atoms with Crippen LogP contribution >= 0.6 is 0 Å². The van der Waals surface area contributed by atoms with Crippen molar-refractivity contribution in [1.82, 2.24) is 0 Å². The largest absolute Gasteiger partial charge is 0.299 e. The van der Waals surface area contributed by atoms with Crippen LogP contribution in [-0.4, -0.2) is 5.78 Å². The molecule has 2 rings (SSSR count). The molecule has 0 radical (unpaired) electrons. The quantitative estimate of drug-likeness (QED) is 0.521. The third kappa shape index (κ3) is 1.17. The van der Waals surface area contributed by atoms with Crippen LogP contribution in [0, 0.1) is 17.3 Å². The van der Waals surface area contributed by atoms with Crippen LogP contribution in [0.1, 0.15) is 39.5 Å². The lowest BCUT2D eigenvalue weighted by Crippen LogP contribution is -2.39. The van der Waals surface area contributed by atoms with Crippen molar-refractivity contribution in [2.45, 2.75) is 39.5 Å². The first-order chi connectivity index (χ1) is 6.04. The third-order valence-electron chi connectivity index (χ3n) is 4.31. The SMILES string of the molecule is C=C1CC2CCC(=O)C(C)C2(C)C1. The van der Waals surface area contributed by atoms with Crippen molar-refractivity contribution >= 4 is 5.78 Å². The van der Waals surface area contributed by atoms with E-state index in [-0.39, 0.29) is 11.3 Å². The van der Waals surface area contributed by atoms with E-state index in [2.05, 4.69) is 20.4 Å². The van der Waals surface area contributed by atoms with Crippen molar-refractivity contribution in [2.75, 3.05) is 0 Å². The second-order valence-electron chi connectivity index (χ2n) is 5.06. The highest BCUT2D eigenvalue weighted by molar-refractivity contribution is 5.82. The number of ketones is 1. The van der Waals surface area contributed by atoms with E-state index in [4.69, 9.17) is 0 Å². The van der Waals surface area contributed by atoms with E-state index in [0.717, 1.165) is 31.6 Å². The van der Waals surface area contributed by atoms with Gasteiger partial charge in [0.25, 0.3) is 0 Å². The van der Waals surface area contributed by atoms with Crippen molar-refractivity contribution in [1.29, 1.82) is 0 Å². The number of Topliss-reactive ketones (excluding diaryl/α,β-unsaturated/α-hetero) is 1. The Balaban J connectivity index is 2.30. The zero-order valence-electron chi connectivity index (χ0n) is 8.60. The highest BCUT2D eigenvalue weighted by Gasteiger charge is 2.49. The van der Waals surface area contributed by atoms with E-state index in [1.54, 1.807) is 0 Å². The molecular weight excluding hydrogens is 160 g/mol. The summed E-state index contributed by atoms with van der Waals surface area (Å²) in [6.07, 6.45) is 4.13. The van der Waals surface area contributed by atoms with E-state index >= 15 is 0 Å². The Hall–Kier alpha value is -0.590. The van der Waals surface area contributed by atoms with Crippen LogP contribution in [0.4, 0.5) is 0 Å². The molecule has 2 aliphatic rings. The third-order valence-corrected chi connectivity index (χ3v) is 4.31. The molecule has 2 saturated carbocycles. The summed E-state index contributed by atoms with van der Waals surface area (Å²) in [6, 6.07) is 0. The van der Waals surface area contributed by atoms with Crippen molar-refractivity contribution in [2.24, 2.45) is 17.3 Å². The Morgan fingerprint density at radius 3 is 2.92 bits per heavy atom. The Bertz CT molecular complexity index is 266. The average Bonchev–Trinajstić information content (AvgIpc) is 2.36. The van der Waals surface area contributed by atoms with Gasteiger partial charge in [-0.3, -0.25) is 4.79 Å². The standard InChI is InChI=1S/C12H18O/c1-8-6-10-4-5-11(13)9(2)12(10,3)7-8/h9-10H,1,4-7H2,2-3H3. The summed E-state index contributed by atoms with van der Waals surface area (Å²) in [5, 5.41) is 0. The van der Waals surface area contributed by atoms with E-state index in [1.807, 2.05) is 0 Å². The number of hydrogen-bond acceptors (Lipinski definition) is 1. The number of carbonyl (C=O) groups excluding carboxylic acids is 1. The molecule has 2 fully saturated rings. The zero-order valence-corrected chi connectivity index (χ0v) is 8.60. The minimum Gasteiger partial charge on any atom is -0.299 e. The van der Waals surface area contributed by atoms with Crippen LogP contribution in [0.15, 0.2) is 12.2 Å². The lowest BCUT2D eigenvalue weighted by molar-refractivity contribution is -0.131. The van der Waals surface area contributed by atoms with Crippen LogP contribution < -0.4 is 0 Å². The fraction of sp³-hybridized carbons (Fsp3) is 0.750. The smallest absolute Gasteiger partial charge is 0.136 e. The van der Waals surface area contributed by atoms with Gasteiger partial charge in [-0.2, -0.15) is 0 Å². The van der Waals surface area contributed by atoms with Gasteiger partial charge in [0, 0.05) is 12.3 Å². The number of fused-ring (bicyclic) bond motifs is 1. The van der Waals surface area contributed by atoms with Gasteiger partial charge in [0.15, 0.2) is 0 Å². The molecule has 0 spiro atoms. The Labute approximate surface area is 80.2 Å². The first-order valence-corrected chi connectivity index (χ1v) is 5.23. The summed E-state index contributed by atoms with van der Waals surface area (Å²) in [7, 11) is 0. The van der Waals surface area contributed by atoms with E-state index in [0.29, 0.717) is 5.78 Å². The summed E-state index contributed by atoms with van der Waals surface area (Å²) >= 11 is 0. The summed E-state index contributed by atoms with van der Waals surface area (Å²) in [5.74, 6) is 1.45. The molecule has 13 heavy (non-hydrogen) atoms. The first kappa shape index (κ1) is 8.98. The fourth-order valence-corrected chi connectivity index (χ4v) is 3.18. The highest BCUT2D eigenvalue weighted by atomic mass is 16.1. The maximum Gasteiger partial charge on any atom is 0.136 e. The predicted octanol–water partition coefficient (Wildman–Crippen LogP) is 2.96. The minimum atomic E-state index is 0.242. The van der Waals surface area contributed by atoms with Crippen molar-refractivity contribution in [3.05, 3.63) is 12.2 Å². The predicted molar refractivity (Wildman–Crippen MR) is 53.4 cm³/mol. The molecular formula is C12H18O. The molecule has 0 N–H and O–H groups in total. The van der Waals surface area contributed by atoms with E-state index < -0.39 is 0 Å². The summed E-state index contributed by atoms with van der Waals surface area (Å²) in [5.41, 5.74) is 1.60. The molecule has 1 heteroatoms. The Kier molecular flexibility index (Phi) is 1.86. The molecule has 0 aromatic carbocycles. The number of carbonyl (C=O) groups is 1. The van der Waals surface area contributed by atoms with Gasteiger partial charge in [-0.05, 0) is 30.6 Å². The molecule has 0 heterocycles. The van der Waals surface area contributed by atoms with Crippen LogP contribution in [0.25, 0.3) is 0 Å².